The predicted molar refractivity (Wildman–Crippen MR) is 75.5 cm³/mol. The molecule has 1 aromatic carbocycles. The summed E-state index contributed by atoms with van der Waals surface area (Å²) in [6.45, 7) is 9.37. The summed E-state index contributed by atoms with van der Waals surface area (Å²) in [7, 11) is 1.66. The predicted octanol–water partition coefficient (Wildman–Crippen LogP) is 3.92. The summed E-state index contributed by atoms with van der Waals surface area (Å²) < 4.78 is 16.1. The van der Waals surface area contributed by atoms with Crippen molar-refractivity contribution in [1.82, 2.24) is 0 Å². The molecule has 1 aliphatic rings. The Morgan fingerprint density at radius 3 is 2.28 bits per heavy atom. The van der Waals surface area contributed by atoms with Gasteiger partial charge in [-0.15, -0.1) is 0 Å². The van der Waals surface area contributed by atoms with E-state index in [2.05, 4.69) is 13.8 Å². The van der Waals surface area contributed by atoms with Gasteiger partial charge in [-0.2, -0.15) is 0 Å². The second-order valence-corrected chi connectivity index (χ2v) is 3.66. The molecule has 0 spiro atoms. The molecule has 3 nitrogen and oxygen atoms in total. The summed E-state index contributed by atoms with van der Waals surface area (Å²) in [5, 5.41) is 0. The molecule has 1 aromatic rings. The van der Waals surface area contributed by atoms with Crippen molar-refractivity contribution in [3.8, 4) is 11.5 Å². The largest absolute Gasteiger partial charge is 0.486 e. The van der Waals surface area contributed by atoms with E-state index in [1.54, 1.807) is 7.11 Å². The third-order valence-electron chi connectivity index (χ3n) is 1.92. The first-order valence-corrected chi connectivity index (χ1v) is 6.69. The minimum Gasteiger partial charge on any atom is -0.486 e. The lowest BCUT2D eigenvalue weighted by molar-refractivity contribution is 0.0272. The molecular formula is C15H26O3. The van der Waals surface area contributed by atoms with Gasteiger partial charge in [-0.1, -0.05) is 46.2 Å². The number of hydrogen-bond donors (Lipinski definition) is 0. The molecule has 0 saturated heterocycles. The van der Waals surface area contributed by atoms with Gasteiger partial charge in [-0.3, -0.25) is 0 Å². The second-order valence-electron chi connectivity index (χ2n) is 3.66. The summed E-state index contributed by atoms with van der Waals surface area (Å²) in [4.78, 5) is 0. The van der Waals surface area contributed by atoms with Crippen LogP contribution in [0.1, 0.15) is 34.1 Å². The number of hydrogen-bond acceptors (Lipinski definition) is 3. The Labute approximate surface area is 111 Å². The third-order valence-corrected chi connectivity index (χ3v) is 1.92. The highest BCUT2D eigenvalue weighted by Crippen LogP contribution is 2.30. The van der Waals surface area contributed by atoms with Crippen LogP contribution in [0.25, 0.3) is 0 Å². The van der Waals surface area contributed by atoms with Gasteiger partial charge in [0.1, 0.15) is 6.61 Å². The van der Waals surface area contributed by atoms with Gasteiger partial charge in [0.15, 0.2) is 17.6 Å². The van der Waals surface area contributed by atoms with E-state index in [1.165, 1.54) is 6.42 Å². The van der Waals surface area contributed by atoms with E-state index in [4.69, 9.17) is 14.2 Å². The van der Waals surface area contributed by atoms with Gasteiger partial charge < -0.3 is 14.2 Å². The lowest BCUT2D eigenvalue weighted by Gasteiger charge is -2.25. The number of rotatable bonds is 2. The van der Waals surface area contributed by atoms with Crippen LogP contribution in [0.4, 0.5) is 0 Å². The topological polar surface area (TPSA) is 27.7 Å². The van der Waals surface area contributed by atoms with Crippen LogP contribution < -0.4 is 9.47 Å². The highest BCUT2D eigenvalue weighted by atomic mass is 16.6. The van der Waals surface area contributed by atoms with E-state index >= 15 is 0 Å². The van der Waals surface area contributed by atoms with Gasteiger partial charge in [0.2, 0.25) is 0 Å². The molecule has 1 unspecified atom stereocenters. The first-order chi connectivity index (χ1) is 8.81. The van der Waals surface area contributed by atoms with Crippen molar-refractivity contribution in [2.45, 2.75) is 40.2 Å². The highest BCUT2D eigenvalue weighted by molar-refractivity contribution is 5.40. The molecule has 0 N–H and O–H groups in total. The van der Waals surface area contributed by atoms with E-state index in [1.807, 2.05) is 38.1 Å². The maximum Gasteiger partial charge on any atom is 0.161 e. The van der Waals surface area contributed by atoms with Gasteiger partial charge in [-0.25, -0.2) is 0 Å². The molecule has 0 aliphatic carbocycles. The molecule has 104 valence electrons. The average Bonchev–Trinajstić information content (AvgIpc) is 2.42. The number of para-hydroxylation sites is 2. The van der Waals surface area contributed by atoms with Crippen molar-refractivity contribution in [2.24, 2.45) is 0 Å². The Hall–Kier alpha value is -1.22. The first kappa shape index (κ1) is 16.8. The molecule has 3 heteroatoms. The maximum atomic E-state index is 5.62. The lowest BCUT2D eigenvalue weighted by atomic mass is 10.3. The standard InChI is InChI=1S/C10H12O3.C3H8.C2H6/c1-11-6-8-7-12-9-4-2-3-5-10(9)13-8;1-3-2;1-2/h2-5,8H,6-7H2,1H3;3H2,1-2H3;1-2H3. The molecule has 0 amide bonds. The van der Waals surface area contributed by atoms with Crippen LogP contribution in [-0.2, 0) is 4.74 Å². The molecule has 0 fully saturated rings. The van der Waals surface area contributed by atoms with Crippen LogP contribution in [-0.4, -0.2) is 26.4 Å². The van der Waals surface area contributed by atoms with Crippen molar-refractivity contribution >= 4 is 0 Å². The van der Waals surface area contributed by atoms with E-state index in [-0.39, 0.29) is 6.10 Å². The fourth-order valence-electron chi connectivity index (χ4n) is 1.33. The SMILES string of the molecule is CC.CCC.COCC1COc2ccccc2O1. The Morgan fingerprint density at radius 2 is 1.72 bits per heavy atom. The number of benzene rings is 1. The zero-order chi connectivity index (χ0) is 13.8. The van der Waals surface area contributed by atoms with Crippen LogP contribution in [0.5, 0.6) is 11.5 Å². The lowest BCUT2D eigenvalue weighted by Crippen LogP contribution is -2.32. The Kier molecular flexibility index (Phi) is 10.2. The van der Waals surface area contributed by atoms with Crippen LogP contribution in [0.15, 0.2) is 24.3 Å². The summed E-state index contributed by atoms with van der Waals surface area (Å²) in [5.41, 5.74) is 0. The summed E-state index contributed by atoms with van der Waals surface area (Å²) in [6, 6.07) is 7.66. The second kappa shape index (κ2) is 10.9. The summed E-state index contributed by atoms with van der Waals surface area (Å²) in [5.74, 6) is 1.62. The Bertz CT molecular complexity index is 300. The minimum atomic E-state index is 0.0138. The minimum absolute atomic E-state index is 0.0138. The molecular weight excluding hydrogens is 228 g/mol. The molecule has 0 bridgehead atoms. The smallest absolute Gasteiger partial charge is 0.161 e. The summed E-state index contributed by atoms with van der Waals surface area (Å²) in [6.07, 6.45) is 1.26. The molecule has 1 heterocycles. The van der Waals surface area contributed by atoms with Gasteiger partial charge in [0.25, 0.3) is 0 Å². The summed E-state index contributed by atoms with van der Waals surface area (Å²) >= 11 is 0. The van der Waals surface area contributed by atoms with Crippen molar-refractivity contribution in [2.75, 3.05) is 20.3 Å². The van der Waals surface area contributed by atoms with Crippen LogP contribution in [0, 0.1) is 0 Å². The Balaban J connectivity index is 0.000000509. The molecule has 1 atom stereocenters. The van der Waals surface area contributed by atoms with E-state index in [0.29, 0.717) is 13.2 Å². The molecule has 18 heavy (non-hydrogen) atoms. The van der Waals surface area contributed by atoms with Crippen LogP contribution in [0.3, 0.4) is 0 Å². The van der Waals surface area contributed by atoms with Crippen LogP contribution >= 0.6 is 0 Å². The molecule has 0 aromatic heterocycles. The zero-order valence-corrected chi connectivity index (χ0v) is 12.2. The highest BCUT2D eigenvalue weighted by Gasteiger charge is 2.19. The number of ether oxygens (including phenoxy) is 3. The van der Waals surface area contributed by atoms with Crippen molar-refractivity contribution in [3.05, 3.63) is 24.3 Å². The van der Waals surface area contributed by atoms with Gasteiger partial charge >= 0.3 is 0 Å². The normalized spacial score (nSPS) is 15.7. The Morgan fingerprint density at radius 1 is 1.17 bits per heavy atom. The average molecular weight is 254 g/mol. The zero-order valence-electron chi connectivity index (χ0n) is 12.2. The van der Waals surface area contributed by atoms with Crippen molar-refractivity contribution in [3.63, 3.8) is 0 Å². The van der Waals surface area contributed by atoms with Gasteiger partial charge in [0.05, 0.1) is 6.61 Å². The van der Waals surface area contributed by atoms with Crippen molar-refractivity contribution < 1.29 is 14.2 Å². The fourth-order valence-corrected chi connectivity index (χ4v) is 1.33. The van der Waals surface area contributed by atoms with Gasteiger partial charge in [-0.05, 0) is 12.1 Å². The van der Waals surface area contributed by atoms with Gasteiger partial charge in [0, 0.05) is 7.11 Å². The quantitative estimate of drug-likeness (QED) is 0.800. The molecule has 0 radical (unpaired) electrons. The van der Waals surface area contributed by atoms with Crippen molar-refractivity contribution in [1.29, 1.82) is 0 Å². The molecule has 1 aliphatic heterocycles. The maximum absolute atomic E-state index is 5.62. The monoisotopic (exact) mass is 254 g/mol. The van der Waals surface area contributed by atoms with Crippen LogP contribution in [0.2, 0.25) is 0 Å². The fraction of sp³-hybridized carbons (Fsp3) is 0.600. The van der Waals surface area contributed by atoms with E-state index < -0.39 is 0 Å². The number of fused-ring (bicyclic) bond motifs is 1. The van der Waals surface area contributed by atoms with E-state index in [9.17, 15) is 0 Å². The molecule has 0 saturated carbocycles. The number of methoxy groups -OCH3 is 1. The molecule has 2 rings (SSSR count). The third kappa shape index (κ3) is 5.92. The van der Waals surface area contributed by atoms with E-state index in [0.717, 1.165) is 11.5 Å². The first-order valence-electron chi connectivity index (χ1n) is 6.69.